The second-order valence-electron chi connectivity index (χ2n) is 2.84. The van der Waals surface area contributed by atoms with Crippen LogP contribution in [0, 0.1) is 0 Å². The van der Waals surface area contributed by atoms with Gasteiger partial charge in [-0.05, 0) is 19.1 Å². The topological polar surface area (TPSA) is 83.5 Å². The van der Waals surface area contributed by atoms with Crippen LogP contribution in [0.3, 0.4) is 0 Å². The van der Waals surface area contributed by atoms with Gasteiger partial charge in [0.05, 0.1) is 12.2 Å². The van der Waals surface area contributed by atoms with Crippen molar-refractivity contribution < 1.29 is 91.6 Å². The zero-order chi connectivity index (χ0) is 15.1. The first-order valence-corrected chi connectivity index (χ1v) is 6.07. The second kappa shape index (κ2) is 13.4. The van der Waals surface area contributed by atoms with Gasteiger partial charge in [0.2, 0.25) is 0 Å². The average Bonchev–Trinajstić information content (AvgIpc) is 2.29. The molecule has 0 atom stereocenters. The number of carbonyl (C=O) groups is 1. The van der Waals surface area contributed by atoms with Gasteiger partial charge in [0, 0.05) is 45.0 Å². The number of allylic oxidation sites excluding steroid dienone is 2. The number of ether oxygens (including phenoxy) is 1. The molecule has 0 aromatic carbocycles. The Hall–Kier alpha value is -0.0632. The van der Waals surface area contributed by atoms with E-state index in [1.165, 1.54) is 0 Å². The molecule has 0 saturated heterocycles. The van der Waals surface area contributed by atoms with Crippen LogP contribution in [-0.4, -0.2) is 31.1 Å². The van der Waals surface area contributed by atoms with E-state index in [0.29, 0.717) is 12.2 Å². The standard InChI is InChI=1S/C9H8O2.CHF3O3S.BrH.2Zn/c1-2-11-9(10)8-6-4-3-5-7-8;2-1(3,4)8(5,6)7;;;/h4,6-7H,2H2,1H3;(H,5,6,7);1H;;/p-2. The fraction of sp³-hybridized carbons (Fsp3) is 0.300. The number of alkyl halides is 3. The van der Waals surface area contributed by atoms with E-state index in [9.17, 15) is 18.0 Å². The summed E-state index contributed by atoms with van der Waals surface area (Å²) in [4.78, 5) is 11.0. The fourth-order valence-electron chi connectivity index (χ4n) is 0.688. The molecule has 0 aromatic heterocycles. The van der Waals surface area contributed by atoms with E-state index in [1.807, 2.05) is 0 Å². The van der Waals surface area contributed by atoms with Gasteiger partial charge < -0.3 is 26.3 Å². The van der Waals surface area contributed by atoms with Crippen molar-refractivity contribution in [2.45, 2.75) is 12.4 Å². The average molecular weight is 508 g/mol. The molecule has 0 unspecified atom stereocenters. The normalized spacial score (nSPS) is 11.6. The van der Waals surface area contributed by atoms with Crippen molar-refractivity contribution in [3.63, 3.8) is 0 Å². The van der Waals surface area contributed by atoms with Crippen LogP contribution in [0.5, 0.6) is 0 Å². The zero-order valence-electron chi connectivity index (χ0n) is 11.3. The van der Waals surface area contributed by atoms with Crippen LogP contribution in [-0.2, 0) is 58.6 Å². The molecule has 1 aliphatic carbocycles. The van der Waals surface area contributed by atoms with Crippen molar-refractivity contribution in [1.82, 2.24) is 0 Å². The molecule has 0 N–H and O–H groups in total. The molecular weight excluding hydrogens is 500 g/mol. The number of rotatable bonds is 2. The van der Waals surface area contributed by atoms with Crippen LogP contribution in [0.2, 0.25) is 0 Å². The number of esters is 1. The molecule has 0 radical (unpaired) electrons. The summed E-state index contributed by atoms with van der Waals surface area (Å²) in [7, 11) is -6.09. The van der Waals surface area contributed by atoms with E-state index < -0.39 is 15.6 Å². The summed E-state index contributed by atoms with van der Waals surface area (Å²) in [6, 6.07) is 0. The molecule has 0 fully saturated rings. The van der Waals surface area contributed by atoms with Gasteiger partial charge >= 0.3 is 11.5 Å². The first-order valence-electron chi connectivity index (χ1n) is 4.66. The number of hydrogen-bond donors (Lipinski definition) is 0. The van der Waals surface area contributed by atoms with Gasteiger partial charge in [0.1, 0.15) is 0 Å². The molecule has 12 heteroatoms. The van der Waals surface area contributed by atoms with Crippen molar-refractivity contribution in [2.75, 3.05) is 6.61 Å². The maximum Gasteiger partial charge on any atom is 0.485 e. The predicted octanol–water partition coefficient (Wildman–Crippen LogP) is -1.59. The van der Waals surface area contributed by atoms with Gasteiger partial charge in [-0.2, -0.15) is 13.2 Å². The Kier molecular flexibility index (Phi) is 18.2. The summed E-state index contributed by atoms with van der Waals surface area (Å²) in [5.74, 6) is -0.308. The Bertz CT molecular complexity index is 574. The Morgan fingerprint density at radius 1 is 1.32 bits per heavy atom. The van der Waals surface area contributed by atoms with Crippen molar-refractivity contribution >= 4 is 16.1 Å². The Morgan fingerprint density at radius 2 is 1.77 bits per heavy atom. The zero-order valence-corrected chi connectivity index (χ0v) is 19.7. The molecule has 0 bridgehead atoms. The van der Waals surface area contributed by atoms with E-state index in [0.717, 1.165) is 0 Å². The van der Waals surface area contributed by atoms with Gasteiger partial charge in [0.25, 0.3) is 0 Å². The van der Waals surface area contributed by atoms with E-state index in [1.54, 1.807) is 25.2 Å². The van der Waals surface area contributed by atoms with Crippen LogP contribution in [0.15, 0.2) is 35.3 Å². The molecule has 5 nitrogen and oxygen atoms in total. The largest absolute Gasteiger partial charge is 1.00 e. The minimum Gasteiger partial charge on any atom is -1.00 e. The number of halogens is 4. The third kappa shape index (κ3) is 12.5. The minimum absolute atomic E-state index is 0. The molecule has 0 heterocycles. The summed E-state index contributed by atoms with van der Waals surface area (Å²) in [5.41, 5.74) is 0.245. The number of hydrogen-bond acceptors (Lipinski definition) is 5. The summed E-state index contributed by atoms with van der Waals surface area (Å²) >= 11 is 0. The summed E-state index contributed by atoms with van der Waals surface area (Å²) in [6.45, 7) is 2.17. The van der Waals surface area contributed by atoms with Crippen LogP contribution >= 0.6 is 0 Å². The van der Waals surface area contributed by atoms with Crippen molar-refractivity contribution in [3.8, 4) is 0 Å². The molecule has 0 aromatic rings. The van der Waals surface area contributed by atoms with Crippen molar-refractivity contribution in [2.24, 2.45) is 0 Å². The number of carbonyl (C=O) groups excluding carboxylic acids is 1. The summed E-state index contributed by atoms with van der Waals surface area (Å²) in [5, 5.41) is 0. The molecule has 0 amide bonds. The molecule has 0 spiro atoms. The fourth-order valence-corrected chi connectivity index (χ4v) is 0.688. The monoisotopic (exact) mass is 504 g/mol. The van der Waals surface area contributed by atoms with E-state index in [4.69, 9.17) is 17.7 Å². The molecule has 1 rings (SSSR count). The minimum atomic E-state index is -6.09. The smallest absolute Gasteiger partial charge is 0.485 e. The first kappa shape index (κ1) is 29.9. The van der Waals surface area contributed by atoms with Gasteiger partial charge in [-0.25, -0.2) is 13.2 Å². The second-order valence-corrected chi connectivity index (χ2v) is 4.21. The third-order valence-corrected chi connectivity index (χ3v) is 2.02. The van der Waals surface area contributed by atoms with Crippen LogP contribution in [0.25, 0.3) is 0 Å². The molecule has 22 heavy (non-hydrogen) atoms. The maximum absolute atomic E-state index is 11.0. The van der Waals surface area contributed by atoms with Crippen LogP contribution in [0.4, 0.5) is 13.2 Å². The molecular formula is C10H8BrF3O5SZn2-2. The van der Waals surface area contributed by atoms with Gasteiger partial charge in [-0.3, -0.25) is 0 Å². The first-order chi connectivity index (χ1) is 8.59. The molecule has 0 saturated carbocycles. The van der Waals surface area contributed by atoms with Crippen molar-refractivity contribution in [1.29, 1.82) is 0 Å². The quantitative estimate of drug-likeness (QED) is 0.148. The Morgan fingerprint density at radius 3 is 2.05 bits per heavy atom. The molecule has 1 aliphatic rings. The maximum atomic E-state index is 11.0. The summed E-state index contributed by atoms with van der Waals surface area (Å²) in [6.07, 6.45) is 4.83. The van der Waals surface area contributed by atoms with E-state index >= 15 is 0 Å². The Labute approximate surface area is 161 Å². The van der Waals surface area contributed by atoms with Gasteiger partial charge in [-0.1, -0.05) is 11.5 Å². The SMILES string of the molecule is CCOC(=O)C1=CC=C=C=C1.O=S(=O)([O-])C(F)(F)F.[Br-].[Zn].[Zn]. The van der Waals surface area contributed by atoms with Crippen molar-refractivity contribution in [3.05, 3.63) is 35.3 Å². The summed E-state index contributed by atoms with van der Waals surface area (Å²) < 4.78 is 63.7. The van der Waals surface area contributed by atoms with Gasteiger partial charge in [-0.15, -0.1) is 0 Å². The molecule has 0 aliphatic heterocycles. The third-order valence-electron chi connectivity index (χ3n) is 1.45. The molecule has 118 valence electrons. The predicted molar refractivity (Wildman–Crippen MR) is 56.6 cm³/mol. The van der Waals surface area contributed by atoms with E-state index in [2.05, 4.69) is 11.5 Å². The van der Waals surface area contributed by atoms with Crippen LogP contribution in [0.1, 0.15) is 6.92 Å². The van der Waals surface area contributed by atoms with E-state index in [-0.39, 0.29) is 61.9 Å². The van der Waals surface area contributed by atoms with Crippen LogP contribution < -0.4 is 17.0 Å². The Balaban J connectivity index is -0.000000135. The van der Waals surface area contributed by atoms with Gasteiger partial charge in [0.15, 0.2) is 10.1 Å².